The lowest BCUT2D eigenvalue weighted by Gasteiger charge is -2.23. The number of hydrogen-bond acceptors (Lipinski definition) is 4. The average molecular weight is 435 g/mol. The summed E-state index contributed by atoms with van der Waals surface area (Å²) in [5.74, 6) is -0.726. The largest absolute Gasteiger partial charge is 0.493 e. The van der Waals surface area contributed by atoms with Crippen LogP contribution in [0.5, 0.6) is 11.5 Å². The summed E-state index contributed by atoms with van der Waals surface area (Å²) in [6.07, 6.45) is -2.95. The number of aromatic amines is 1. The molecule has 0 radical (unpaired) electrons. The summed E-state index contributed by atoms with van der Waals surface area (Å²) in [4.78, 5) is 12.0. The third kappa shape index (κ3) is 4.05. The molecule has 1 aromatic heterocycles. The Morgan fingerprint density at radius 3 is 2.74 bits per heavy atom. The van der Waals surface area contributed by atoms with E-state index >= 15 is 0 Å². The number of aromatic nitrogens is 2. The molecule has 0 saturated heterocycles. The molecule has 1 aliphatic heterocycles. The van der Waals surface area contributed by atoms with Gasteiger partial charge in [0.2, 0.25) is 5.91 Å². The van der Waals surface area contributed by atoms with Crippen LogP contribution in [-0.2, 0) is 17.6 Å². The molecule has 1 aliphatic rings. The van der Waals surface area contributed by atoms with Gasteiger partial charge < -0.3 is 14.8 Å². The van der Waals surface area contributed by atoms with Gasteiger partial charge in [-0.2, -0.15) is 18.3 Å². The maximum atomic E-state index is 14.2. The summed E-state index contributed by atoms with van der Waals surface area (Å²) in [5, 5.41) is 9.40. The molecule has 3 aromatic rings. The fraction of sp³-hybridized carbons (Fsp3) is 0.238. The molecule has 2 heterocycles. The summed E-state index contributed by atoms with van der Waals surface area (Å²) in [5.41, 5.74) is 0.0173. The zero-order valence-corrected chi connectivity index (χ0v) is 16.2. The minimum atomic E-state index is -4.79. The van der Waals surface area contributed by atoms with Crippen LogP contribution < -0.4 is 14.8 Å². The smallest absolute Gasteiger partial charge is 0.419 e. The molecule has 0 fully saturated rings. The third-order valence-electron chi connectivity index (χ3n) is 5.06. The van der Waals surface area contributed by atoms with E-state index in [1.54, 1.807) is 24.4 Å². The number of halogens is 4. The van der Waals surface area contributed by atoms with E-state index < -0.39 is 24.2 Å². The molecule has 0 saturated carbocycles. The van der Waals surface area contributed by atoms with Gasteiger partial charge in [0.25, 0.3) is 0 Å². The first-order chi connectivity index (χ1) is 14.8. The Balaban J connectivity index is 1.58. The van der Waals surface area contributed by atoms with E-state index in [1.165, 1.54) is 13.2 Å². The van der Waals surface area contributed by atoms with Crippen LogP contribution >= 0.6 is 0 Å². The Kier molecular flexibility index (Phi) is 5.30. The Morgan fingerprint density at radius 1 is 1.19 bits per heavy atom. The lowest BCUT2D eigenvalue weighted by atomic mass is 9.87. The molecule has 0 spiro atoms. The Morgan fingerprint density at radius 2 is 2.00 bits per heavy atom. The first kappa shape index (κ1) is 20.7. The minimum absolute atomic E-state index is 0.166. The molecule has 1 unspecified atom stereocenters. The molecular weight excluding hydrogens is 418 g/mol. The molecule has 4 rings (SSSR count). The van der Waals surface area contributed by atoms with Gasteiger partial charge in [-0.25, -0.2) is 4.39 Å². The predicted molar refractivity (Wildman–Crippen MR) is 102 cm³/mol. The predicted octanol–water partition coefficient (Wildman–Crippen LogP) is 4.63. The molecular formula is C21H17F4N3O3. The van der Waals surface area contributed by atoms with Crippen molar-refractivity contribution in [3.63, 3.8) is 0 Å². The quantitative estimate of drug-likeness (QED) is 0.573. The summed E-state index contributed by atoms with van der Waals surface area (Å²) in [6, 6.07) is 8.01. The highest BCUT2D eigenvalue weighted by atomic mass is 19.4. The lowest BCUT2D eigenvalue weighted by molar-refractivity contribution is -0.140. The van der Waals surface area contributed by atoms with Crippen LogP contribution in [0.1, 0.15) is 34.6 Å². The normalized spacial score (nSPS) is 15.9. The van der Waals surface area contributed by atoms with Crippen LogP contribution in [0.3, 0.4) is 0 Å². The number of nitrogens with zero attached hydrogens (tertiary/aromatic N) is 1. The van der Waals surface area contributed by atoms with Gasteiger partial charge in [0, 0.05) is 23.5 Å². The Bertz CT molecular complexity index is 1130. The number of benzene rings is 2. The van der Waals surface area contributed by atoms with Crippen molar-refractivity contribution in [2.45, 2.75) is 25.1 Å². The minimum Gasteiger partial charge on any atom is -0.493 e. The van der Waals surface area contributed by atoms with E-state index in [4.69, 9.17) is 9.47 Å². The number of H-pyrrole nitrogens is 1. The van der Waals surface area contributed by atoms with Gasteiger partial charge in [-0.1, -0.05) is 18.2 Å². The van der Waals surface area contributed by atoms with E-state index in [-0.39, 0.29) is 29.6 Å². The van der Waals surface area contributed by atoms with Gasteiger partial charge in [-0.3, -0.25) is 9.89 Å². The third-order valence-corrected chi connectivity index (χ3v) is 5.06. The van der Waals surface area contributed by atoms with Gasteiger partial charge >= 0.3 is 6.18 Å². The van der Waals surface area contributed by atoms with Crippen molar-refractivity contribution in [1.29, 1.82) is 0 Å². The molecule has 1 atom stereocenters. The van der Waals surface area contributed by atoms with E-state index in [9.17, 15) is 22.4 Å². The topological polar surface area (TPSA) is 76.2 Å². The average Bonchev–Trinajstić information content (AvgIpc) is 3.19. The van der Waals surface area contributed by atoms with Gasteiger partial charge in [-0.15, -0.1) is 0 Å². The molecule has 0 bridgehead atoms. The van der Waals surface area contributed by atoms with E-state index in [1.807, 2.05) is 0 Å². The SMILES string of the molecule is COc1cc(C2CC(=O)Nc3[nH]ncc32)ccc1OCc1cccc(C(F)(F)F)c1F. The zero-order valence-electron chi connectivity index (χ0n) is 16.2. The monoisotopic (exact) mass is 435 g/mol. The van der Waals surface area contributed by atoms with Crippen LogP contribution in [0.4, 0.5) is 23.4 Å². The molecule has 0 aliphatic carbocycles. The number of methoxy groups -OCH3 is 1. The fourth-order valence-electron chi connectivity index (χ4n) is 3.53. The number of anilines is 1. The van der Waals surface area contributed by atoms with Crippen molar-refractivity contribution in [1.82, 2.24) is 10.2 Å². The molecule has 2 aromatic carbocycles. The second-order valence-corrected chi connectivity index (χ2v) is 6.98. The number of carbonyl (C=O) groups excluding carboxylic acids is 1. The van der Waals surface area contributed by atoms with E-state index in [0.29, 0.717) is 17.6 Å². The molecule has 31 heavy (non-hydrogen) atoms. The summed E-state index contributed by atoms with van der Waals surface area (Å²) < 4.78 is 63.8. The van der Waals surface area contributed by atoms with Gasteiger partial charge in [0.1, 0.15) is 18.2 Å². The van der Waals surface area contributed by atoms with Crippen molar-refractivity contribution >= 4 is 11.7 Å². The van der Waals surface area contributed by atoms with Crippen molar-refractivity contribution < 1.29 is 31.8 Å². The standard InChI is InChI=1S/C21H17F4N3O3/c1-30-17-7-11(13-8-18(29)27-20-14(13)9-26-28-20)5-6-16(17)31-10-12-3-2-4-15(19(12)22)21(23,24)25/h2-7,9,13H,8,10H2,1H3,(H2,26,27,28,29). The number of nitrogens with one attached hydrogen (secondary N) is 2. The molecule has 6 nitrogen and oxygen atoms in total. The fourth-order valence-corrected chi connectivity index (χ4v) is 3.53. The lowest BCUT2D eigenvalue weighted by Crippen LogP contribution is -2.23. The van der Waals surface area contributed by atoms with Crippen molar-refractivity contribution in [3.05, 3.63) is 70.7 Å². The van der Waals surface area contributed by atoms with Crippen molar-refractivity contribution in [3.8, 4) is 11.5 Å². The number of rotatable bonds is 5. The van der Waals surface area contributed by atoms with Crippen molar-refractivity contribution in [2.75, 3.05) is 12.4 Å². The highest BCUT2D eigenvalue weighted by Crippen LogP contribution is 2.39. The van der Waals surface area contributed by atoms with Crippen LogP contribution in [0.25, 0.3) is 0 Å². The number of fused-ring (bicyclic) bond motifs is 1. The van der Waals surface area contributed by atoms with Crippen LogP contribution in [0.2, 0.25) is 0 Å². The summed E-state index contributed by atoms with van der Waals surface area (Å²) in [6.45, 7) is -0.414. The maximum Gasteiger partial charge on any atom is 0.419 e. The molecule has 2 N–H and O–H groups in total. The Labute approximate surface area is 174 Å². The molecule has 10 heteroatoms. The highest BCUT2D eigenvalue weighted by molar-refractivity contribution is 5.94. The van der Waals surface area contributed by atoms with Crippen LogP contribution in [0.15, 0.2) is 42.6 Å². The van der Waals surface area contributed by atoms with Gasteiger partial charge in [0.05, 0.1) is 18.9 Å². The van der Waals surface area contributed by atoms with E-state index in [2.05, 4.69) is 15.5 Å². The zero-order chi connectivity index (χ0) is 22.2. The number of carbonyl (C=O) groups is 1. The second kappa shape index (κ2) is 7.93. The first-order valence-corrected chi connectivity index (χ1v) is 9.26. The number of ether oxygens (including phenoxy) is 2. The molecule has 162 valence electrons. The highest BCUT2D eigenvalue weighted by Gasteiger charge is 2.35. The van der Waals surface area contributed by atoms with E-state index in [0.717, 1.165) is 17.2 Å². The van der Waals surface area contributed by atoms with Crippen LogP contribution in [-0.4, -0.2) is 23.2 Å². The van der Waals surface area contributed by atoms with Crippen LogP contribution in [0, 0.1) is 5.82 Å². The number of hydrogen-bond donors (Lipinski definition) is 2. The van der Waals surface area contributed by atoms with Gasteiger partial charge in [0.15, 0.2) is 11.5 Å². The second-order valence-electron chi connectivity index (χ2n) is 6.98. The summed E-state index contributed by atoms with van der Waals surface area (Å²) >= 11 is 0. The van der Waals surface area contributed by atoms with Crippen molar-refractivity contribution in [2.24, 2.45) is 0 Å². The molecule has 1 amide bonds. The maximum absolute atomic E-state index is 14.2. The Hall–Kier alpha value is -3.56. The number of amides is 1. The number of alkyl halides is 3. The summed E-state index contributed by atoms with van der Waals surface area (Å²) in [7, 11) is 1.41. The first-order valence-electron chi connectivity index (χ1n) is 9.26. The van der Waals surface area contributed by atoms with Gasteiger partial charge in [-0.05, 0) is 23.8 Å².